The summed E-state index contributed by atoms with van der Waals surface area (Å²) in [4.78, 5) is 34.3. The van der Waals surface area contributed by atoms with E-state index in [1.54, 1.807) is 36.6 Å². The molecule has 3 rings (SSSR count). The van der Waals surface area contributed by atoms with Crippen molar-refractivity contribution in [2.75, 3.05) is 26.7 Å². The van der Waals surface area contributed by atoms with Crippen LogP contribution in [0.4, 0.5) is 0 Å². The zero-order valence-electron chi connectivity index (χ0n) is 21.6. The van der Waals surface area contributed by atoms with Crippen molar-refractivity contribution in [3.8, 4) is 17.7 Å². The molecule has 2 heterocycles. The molecule has 0 aromatic carbocycles. The lowest BCUT2D eigenvalue weighted by molar-refractivity contribution is -0.136. The van der Waals surface area contributed by atoms with Gasteiger partial charge in [-0.05, 0) is 39.7 Å². The van der Waals surface area contributed by atoms with Crippen LogP contribution in [0.25, 0.3) is 0 Å². The third-order valence-corrected chi connectivity index (χ3v) is 6.82. The Morgan fingerprint density at radius 1 is 1.34 bits per heavy atom. The topological polar surface area (TPSA) is 103 Å². The molecule has 192 valence electrons. The van der Waals surface area contributed by atoms with Crippen LogP contribution in [0.1, 0.15) is 75.7 Å². The normalized spacial score (nSPS) is 22.1. The molecule has 1 aromatic rings. The van der Waals surface area contributed by atoms with Gasteiger partial charge < -0.3 is 24.7 Å². The molecule has 1 aliphatic carbocycles. The fourth-order valence-electron chi connectivity index (χ4n) is 4.63. The largest absolute Gasteiger partial charge is 0.472 e. The number of carbonyl (C=O) groups is 2. The summed E-state index contributed by atoms with van der Waals surface area (Å²) >= 11 is 0. The maximum absolute atomic E-state index is 13.5. The Morgan fingerprint density at radius 2 is 2.03 bits per heavy atom. The smallest absolute Gasteiger partial charge is 0.259 e. The molecule has 3 atom stereocenters. The molecule has 0 bridgehead atoms. The molecule has 1 aromatic heterocycles. The quantitative estimate of drug-likeness (QED) is 0.621. The predicted molar refractivity (Wildman–Crippen MR) is 133 cm³/mol. The highest BCUT2D eigenvalue weighted by Gasteiger charge is 2.35. The highest BCUT2D eigenvalue weighted by atomic mass is 16.5. The maximum atomic E-state index is 13.5. The first-order chi connectivity index (χ1) is 16.5. The molecule has 35 heavy (non-hydrogen) atoms. The highest BCUT2D eigenvalue weighted by molar-refractivity contribution is 5.97. The highest BCUT2D eigenvalue weighted by Crippen LogP contribution is 2.29. The molecule has 2 N–H and O–H groups in total. The Morgan fingerprint density at radius 3 is 2.66 bits per heavy atom. The second kappa shape index (κ2) is 11.4. The summed E-state index contributed by atoms with van der Waals surface area (Å²) < 4.78 is 6.28. The van der Waals surface area contributed by atoms with Crippen molar-refractivity contribution in [1.82, 2.24) is 14.8 Å². The van der Waals surface area contributed by atoms with Gasteiger partial charge in [0.15, 0.2) is 0 Å². The number of amides is 2. The molecule has 1 saturated carbocycles. The first-order valence-corrected chi connectivity index (χ1v) is 12.6. The number of aliphatic hydroxyl groups excluding tert-OH is 1. The number of aromatic nitrogens is 1. The Bertz CT molecular complexity index is 971. The number of rotatable bonds is 5. The molecule has 2 amide bonds. The number of carbonyl (C=O) groups excluding carboxylic acids is 2. The lowest BCUT2D eigenvalue weighted by Crippen LogP contribution is -2.51. The van der Waals surface area contributed by atoms with Gasteiger partial charge in [-0.15, -0.1) is 0 Å². The molecular formula is C27H39N3O5. The Kier molecular flexibility index (Phi) is 8.79. The van der Waals surface area contributed by atoms with Gasteiger partial charge in [0, 0.05) is 37.2 Å². The minimum atomic E-state index is -1.18. The average molecular weight is 486 g/mol. The molecule has 0 unspecified atom stereocenters. The first kappa shape index (κ1) is 27.0. The lowest BCUT2D eigenvalue weighted by atomic mass is 9.88. The van der Waals surface area contributed by atoms with Crippen molar-refractivity contribution in [2.45, 2.75) is 77.5 Å². The number of pyridine rings is 1. The van der Waals surface area contributed by atoms with Crippen molar-refractivity contribution >= 4 is 11.8 Å². The summed E-state index contributed by atoms with van der Waals surface area (Å²) in [6.45, 7) is 7.52. The summed E-state index contributed by atoms with van der Waals surface area (Å²) in [5, 5.41) is 19.7. The Hall–Kier alpha value is -2.63. The van der Waals surface area contributed by atoms with Crippen LogP contribution in [0, 0.1) is 23.7 Å². The van der Waals surface area contributed by atoms with Crippen LogP contribution in [-0.4, -0.2) is 81.3 Å². The summed E-state index contributed by atoms with van der Waals surface area (Å²) in [5.74, 6) is 5.60. The van der Waals surface area contributed by atoms with E-state index in [0.29, 0.717) is 18.7 Å². The summed E-state index contributed by atoms with van der Waals surface area (Å²) in [6, 6.07) is 1.22. The van der Waals surface area contributed by atoms with Crippen LogP contribution in [0.3, 0.4) is 0 Å². The number of ether oxygens (including phenoxy) is 1. The van der Waals surface area contributed by atoms with E-state index in [2.05, 4.69) is 16.8 Å². The van der Waals surface area contributed by atoms with Gasteiger partial charge in [0.2, 0.25) is 11.8 Å². The second-order valence-electron chi connectivity index (χ2n) is 10.6. The van der Waals surface area contributed by atoms with Crippen molar-refractivity contribution in [3.63, 3.8) is 0 Å². The molecule has 8 nitrogen and oxygen atoms in total. The van der Waals surface area contributed by atoms with E-state index in [1.165, 1.54) is 12.6 Å². The summed E-state index contributed by atoms with van der Waals surface area (Å²) in [5.41, 5.74) is -0.446. The van der Waals surface area contributed by atoms with E-state index in [-0.39, 0.29) is 47.8 Å². The van der Waals surface area contributed by atoms with E-state index in [4.69, 9.17) is 4.74 Å². The van der Waals surface area contributed by atoms with Crippen LogP contribution in [0.15, 0.2) is 12.3 Å². The molecule has 0 saturated heterocycles. The Labute approximate surface area is 208 Å². The molecule has 1 fully saturated rings. The number of aliphatic hydroxyl groups is 2. The van der Waals surface area contributed by atoms with Gasteiger partial charge in [-0.3, -0.25) is 9.59 Å². The van der Waals surface area contributed by atoms with Gasteiger partial charge in [0.05, 0.1) is 19.2 Å². The number of fused-ring (bicyclic) bond motifs is 1. The fourth-order valence-corrected chi connectivity index (χ4v) is 4.63. The van der Waals surface area contributed by atoms with Crippen LogP contribution in [-0.2, 0) is 4.79 Å². The van der Waals surface area contributed by atoms with Gasteiger partial charge >= 0.3 is 0 Å². The number of nitrogens with zero attached hydrogens (tertiary/aromatic N) is 3. The zero-order chi connectivity index (χ0) is 25.8. The third kappa shape index (κ3) is 6.96. The lowest BCUT2D eigenvalue weighted by Gasteiger charge is -2.38. The van der Waals surface area contributed by atoms with E-state index < -0.39 is 11.6 Å². The van der Waals surface area contributed by atoms with E-state index >= 15 is 0 Å². The van der Waals surface area contributed by atoms with Crippen LogP contribution in [0.5, 0.6) is 5.88 Å². The van der Waals surface area contributed by atoms with E-state index in [0.717, 1.165) is 25.7 Å². The SMILES string of the molecule is C[C@@H]1CN([C@H](C)CO)C(=O)c2cc(C#CC(C)(C)O)cnc2O[C@@H]1CN(C)C(=O)C1CCCCC1. The van der Waals surface area contributed by atoms with Gasteiger partial charge in [0.1, 0.15) is 17.3 Å². The van der Waals surface area contributed by atoms with Crippen molar-refractivity contribution in [2.24, 2.45) is 11.8 Å². The third-order valence-electron chi connectivity index (χ3n) is 6.82. The number of hydrogen-bond donors (Lipinski definition) is 2. The van der Waals surface area contributed by atoms with E-state index in [1.807, 2.05) is 14.0 Å². The minimum Gasteiger partial charge on any atom is -0.472 e. The zero-order valence-corrected chi connectivity index (χ0v) is 21.6. The maximum Gasteiger partial charge on any atom is 0.259 e. The monoisotopic (exact) mass is 485 g/mol. The summed E-state index contributed by atoms with van der Waals surface area (Å²) in [7, 11) is 1.81. The number of likely N-dealkylation sites (N-methyl/N-ethyl adjacent to an activating group) is 1. The van der Waals surface area contributed by atoms with Gasteiger partial charge in [-0.1, -0.05) is 38.0 Å². The molecule has 1 aliphatic heterocycles. The second-order valence-corrected chi connectivity index (χ2v) is 10.6. The molecule has 2 aliphatic rings. The summed E-state index contributed by atoms with van der Waals surface area (Å²) in [6.07, 6.45) is 6.37. The van der Waals surface area contributed by atoms with Crippen molar-refractivity contribution in [1.29, 1.82) is 0 Å². The van der Waals surface area contributed by atoms with Crippen molar-refractivity contribution in [3.05, 3.63) is 23.4 Å². The fraction of sp³-hybridized carbons (Fsp3) is 0.667. The first-order valence-electron chi connectivity index (χ1n) is 12.6. The van der Waals surface area contributed by atoms with Crippen LogP contribution in [0.2, 0.25) is 0 Å². The van der Waals surface area contributed by atoms with Gasteiger partial charge in [-0.2, -0.15) is 0 Å². The van der Waals surface area contributed by atoms with Crippen molar-refractivity contribution < 1.29 is 24.5 Å². The molecule has 8 heteroatoms. The predicted octanol–water partition coefficient (Wildman–Crippen LogP) is 2.46. The minimum absolute atomic E-state index is 0.0624. The molecule has 0 radical (unpaired) electrons. The standard InChI is InChI=1S/C27H39N3O5/c1-18-15-30(19(2)17-31)26(33)22-13-20(11-12-27(3,4)34)14-28-24(22)35-23(18)16-29(5)25(32)21-9-7-6-8-10-21/h13-14,18-19,21,23,31,34H,6-10,15-17H2,1-5H3/t18-,19-,23-/m1/s1. The molecule has 0 spiro atoms. The van der Waals surface area contributed by atoms with Gasteiger partial charge in [-0.25, -0.2) is 4.98 Å². The number of hydrogen-bond acceptors (Lipinski definition) is 6. The molecular weight excluding hydrogens is 446 g/mol. The van der Waals surface area contributed by atoms with Crippen LogP contribution >= 0.6 is 0 Å². The Balaban J connectivity index is 1.91. The van der Waals surface area contributed by atoms with Gasteiger partial charge in [0.25, 0.3) is 5.91 Å². The average Bonchev–Trinajstić information content (AvgIpc) is 2.84. The van der Waals surface area contributed by atoms with E-state index in [9.17, 15) is 19.8 Å². The van der Waals surface area contributed by atoms with Crippen LogP contribution < -0.4 is 4.74 Å².